The van der Waals surface area contributed by atoms with Gasteiger partial charge in [-0.2, -0.15) is 5.26 Å². The molecule has 7 heteroatoms. The highest BCUT2D eigenvalue weighted by Crippen LogP contribution is 2.33. The number of aromatic hydroxyl groups is 1. The molecule has 116 valence electrons. The minimum Gasteiger partial charge on any atom is -0.505 e. The van der Waals surface area contributed by atoms with Gasteiger partial charge in [-0.05, 0) is 42.0 Å². The Morgan fingerprint density at radius 2 is 1.91 bits per heavy atom. The van der Waals surface area contributed by atoms with Gasteiger partial charge in [-0.25, -0.2) is 0 Å². The number of carbonyl (C=O) groups is 1. The third kappa shape index (κ3) is 4.49. The van der Waals surface area contributed by atoms with Crippen molar-refractivity contribution < 1.29 is 9.90 Å². The molecule has 4 nitrogen and oxygen atoms in total. The third-order valence-electron chi connectivity index (χ3n) is 2.80. The van der Waals surface area contributed by atoms with Crippen LogP contribution in [0.4, 0.5) is 5.69 Å². The van der Waals surface area contributed by atoms with E-state index in [9.17, 15) is 15.2 Å². The summed E-state index contributed by atoms with van der Waals surface area (Å²) in [5, 5.41) is 21.4. The first kappa shape index (κ1) is 17.4. The summed E-state index contributed by atoms with van der Waals surface area (Å²) in [7, 11) is 0. The van der Waals surface area contributed by atoms with E-state index in [1.165, 1.54) is 18.2 Å². The van der Waals surface area contributed by atoms with Crippen molar-refractivity contribution in [1.29, 1.82) is 5.26 Å². The van der Waals surface area contributed by atoms with Crippen LogP contribution in [-0.2, 0) is 4.79 Å². The molecule has 0 radical (unpaired) electrons. The topological polar surface area (TPSA) is 73.1 Å². The van der Waals surface area contributed by atoms with Gasteiger partial charge < -0.3 is 10.4 Å². The van der Waals surface area contributed by atoms with Crippen LogP contribution in [0.15, 0.2) is 46.4 Å². The van der Waals surface area contributed by atoms with E-state index in [1.54, 1.807) is 18.2 Å². The van der Waals surface area contributed by atoms with E-state index in [2.05, 4.69) is 21.2 Å². The average molecular weight is 412 g/mol. The summed E-state index contributed by atoms with van der Waals surface area (Å²) in [6.45, 7) is 0. The molecule has 0 unspecified atom stereocenters. The Morgan fingerprint density at radius 3 is 2.48 bits per heavy atom. The lowest BCUT2D eigenvalue weighted by Crippen LogP contribution is -2.13. The van der Waals surface area contributed by atoms with Gasteiger partial charge in [0, 0.05) is 10.2 Å². The fourth-order valence-electron chi connectivity index (χ4n) is 1.75. The molecule has 2 N–H and O–H groups in total. The number of hydrogen-bond donors (Lipinski definition) is 2. The van der Waals surface area contributed by atoms with E-state index in [-0.39, 0.29) is 21.4 Å². The Hall–Kier alpha value is -2.00. The second-order valence-electron chi connectivity index (χ2n) is 4.47. The number of rotatable bonds is 3. The van der Waals surface area contributed by atoms with Gasteiger partial charge in [0.15, 0.2) is 5.75 Å². The molecular formula is C16H9BrCl2N2O2. The molecule has 0 fully saturated rings. The number of nitriles is 1. The predicted molar refractivity (Wildman–Crippen MR) is 94.5 cm³/mol. The van der Waals surface area contributed by atoms with Crippen LogP contribution in [0.3, 0.4) is 0 Å². The predicted octanol–water partition coefficient (Wildman–Crippen LogP) is 5.01. The molecule has 0 saturated heterocycles. The number of nitrogens with one attached hydrogen (secondary N) is 1. The van der Waals surface area contributed by atoms with Crippen LogP contribution in [-0.4, -0.2) is 11.0 Å². The number of phenols is 1. The smallest absolute Gasteiger partial charge is 0.266 e. The van der Waals surface area contributed by atoms with Gasteiger partial charge in [-0.1, -0.05) is 45.2 Å². The molecule has 2 aromatic rings. The van der Waals surface area contributed by atoms with Crippen molar-refractivity contribution >= 4 is 56.8 Å². The number of carbonyl (C=O) groups excluding carboxylic acids is 1. The zero-order valence-corrected chi connectivity index (χ0v) is 14.6. The van der Waals surface area contributed by atoms with Gasteiger partial charge in [0.2, 0.25) is 0 Å². The van der Waals surface area contributed by atoms with Crippen molar-refractivity contribution in [2.24, 2.45) is 0 Å². The lowest BCUT2D eigenvalue weighted by atomic mass is 10.1. The monoisotopic (exact) mass is 410 g/mol. The molecule has 0 aromatic heterocycles. The first-order valence-electron chi connectivity index (χ1n) is 6.27. The Bertz CT molecular complexity index is 821. The summed E-state index contributed by atoms with van der Waals surface area (Å²) in [5.74, 6) is -0.812. The summed E-state index contributed by atoms with van der Waals surface area (Å²) < 4.78 is 0.801. The van der Waals surface area contributed by atoms with E-state index in [1.807, 2.05) is 12.1 Å². The highest BCUT2D eigenvalue weighted by molar-refractivity contribution is 9.10. The molecule has 0 aliphatic heterocycles. The molecule has 2 aromatic carbocycles. The number of anilines is 1. The van der Waals surface area contributed by atoms with Crippen LogP contribution in [0.25, 0.3) is 6.08 Å². The summed E-state index contributed by atoms with van der Waals surface area (Å²) >= 11 is 14.9. The van der Waals surface area contributed by atoms with Crippen LogP contribution in [0.2, 0.25) is 10.0 Å². The Balaban J connectivity index is 2.28. The zero-order valence-electron chi connectivity index (χ0n) is 11.5. The zero-order chi connectivity index (χ0) is 17.0. The van der Waals surface area contributed by atoms with Gasteiger partial charge >= 0.3 is 0 Å². The largest absolute Gasteiger partial charge is 0.505 e. The number of amides is 1. The Labute approximate surface area is 151 Å². The first-order valence-corrected chi connectivity index (χ1v) is 7.82. The molecule has 23 heavy (non-hydrogen) atoms. The molecule has 0 bridgehead atoms. The summed E-state index contributed by atoms with van der Waals surface area (Å²) in [6.07, 6.45) is 1.34. The fraction of sp³-hybridized carbons (Fsp3) is 0. The normalized spacial score (nSPS) is 11.0. The molecule has 2 rings (SSSR count). The molecule has 0 atom stereocenters. The van der Waals surface area contributed by atoms with Crippen LogP contribution in [0.1, 0.15) is 5.56 Å². The molecule has 0 spiro atoms. The van der Waals surface area contributed by atoms with Crippen LogP contribution >= 0.6 is 39.1 Å². The van der Waals surface area contributed by atoms with Crippen molar-refractivity contribution in [3.05, 3.63) is 62.1 Å². The van der Waals surface area contributed by atoms with E-state index in [4.69, 9.17) is 23.2 Å². The van der Waals surface area contributed by atoms with Gasteiger partial charge in [-0.3, -0.25) is 4.79 Å². The molecule has 1 amide bonds. The quantitative estimate of drug-likeness (QED) is 0.550. The lowest BCUT2D eigenvalue weighted by Gasteiger charge is -2.05. The van der Waals surface area contributed by atoms with Gasteiger partial charge in [-0.15, -0.1) is 0 Å². The third-order valence-corrected chi connectivity index (χ3v) is 3.87. The lowest BCUT2D eigenvalue weighted by molar-refractivity contribution is -0.112. The van der Waals surface area contributed by atoms with Crippen LogP contribution < -0.4 is 5.32 Å². The number of benzene rings is 2. The number of nitrogens with zero attached hydrogens (tertiary/aromatic N) is 1. The van der Waals surface area contributed by atoms with Crippen molar-refractivity contribution in [2.45, 2.75) is 0 Å². The second kappa shape index (κ2) is 7.51. The maximum atomic E-state index is 12.2. The second-order valence-corrected chi connectivity index (χ2v) is 6.20. The van der Waals surface area contributed by atoms with Crippen LogP contribution in [0, 0.1) is 11.3 Å². The highest BCUT2D eigenvalue weighted by atomic mass is 79.9. The molecular weight excluding hydrogens is 403 g/mol. The standard InChI is InChI=1S/C16H9BrCl2N2O2/c17-11-2-1-3-12(7-11)21-16(23)10(8-20)4-9-5-13(18)15(22)14(19)6-9/h1-7,22H,(H,21,23). The summed E-state index contributed by atoms with van der Waals surface area (Å²) in [4.78, 5) is 12.2. The minimum absolute atomic E-state index is 0.0356. The first-order chi connectivity index (χ1) is 10.9. The maximum absolute atomic E-state index is 12.2. The Morgan fingerprint density at radius 1 is 1.26 bits per heavy atom. The van der Waals surface area contributed by atoms with Gasteiger partial charge in [0.25, 0.3) is 5.91 Å². The van der Waals surface area contributed by atoms with Crippen molar-refractivity contribution in [3.63, 3.8) is 0 Å². The van der Waals surface area contributed by atoms with E-state index >= 15 is 0 Å². The van der Waals surface area contributed by atoms with E-state index in [0.29, 0.717) is 11.3 Å². The number of phenolic OH excluding ortho intramolecular Hbond substituents is 1. The van der Waals surface area contributed by atoms with E-state index < -0.39 is 5.91 Å². The van der Waals surface area contributed by atoms with Gasteiger partial charge in [0.1, 0.15) is 11.6 Å². The molecule has 0 saturated carbocycles. The van der Waals surface area contributed by atoms with Crippen molar-refractivity contribution in [3.8, 4) is 11.8 Å². The molecule has 0 aliphatic rings. The Kier molecular flexibility index (Phi) is 5.67. The van der Waals surface area contributed by atoms with Crippen LogP contribution in [0.5, 0.6) is 5.75 Å². The SMILES string of the molecule is N#CC(=Cc1cc(Cl)c(O)c(Cl)c1)C(=O)Nc1cccc(Br)c1. The molecule has 0 heterocycles. The fourth-order valence-corrected chi connectivity index (χ4v) is 2.65. The summed E-state index contributed by atoms with van der Waals surface area (Å²) in [6, 6.07) is 11.6. The van der Waals surface area contributed by atoms with Gasteiger partial charge in [0.05, 0.1) is 10.0 Å². The highest BCUT2D eigenvalue weighted by Gasteiger charge is 2.11. The van der Waals surface area contributed by atoms with E-state index in [0.717, 1.165) is 4.47 Å². The van der Waals surface area contributed by atoms with Crippen molar-refractivity contribution in [1.82, 2.24) is 0 Å². The van der Waals surface area contributed by atoms with Crippen molar-refractivity contribution in [2.75, 3.05) is 5.32 Å². The summed E-state index contributed by atoms with van der Waals surface area (Å²) in [5.41, 5.74) is 0.855. The molecule has 0 aliphatic carbocycles. The average Bonchev–Trinajstić information content (AvgIpc) is 2.50. The maximum Gasteiger partial charge on any atom is 0.266 e. The minimum atomic E-state index is -0.564. The number of hydrogen-bond acceptors (Lipinski definition) is 3. The number of halogens is 3.